The van der Waals surface area contributed by atoms with Crippen molar-refractivity contribution in [1.29, 1.82) is 0 Å². The van der Waals surface area contributed by atoms with Crippen molar-refractivity contribution < 1.29 is 14.6 Å². The minimum absolute atomic E-state index is 0.177. The third-order valence-corrected chi connectivity index (χ3v) is 2.15. The van der Waals surface area contributed by atoms with E-state index < -0.39 is 6.29 Å². The number of ether oxygens (including phenoxy) is 2. The van der Waals surface area contributed by atoms with Crippen LogP contribution in [0.3, 0.4) is 0 Å². The number of aromatic nitrogens is 1. The van der Waals surface area contributed by atoms with Gasteiger partial charge in [-0.1, -0.05) is 11.6 Å². The van der Waals surface area contributed by atoms with Crippen molar-refractivity contribution in [3.8, 4) is 0 Å². The van der Waals surface area contributed by atoms with Crippen LogP contribution in [0.25, 0.3) is 0 Å². The second-order valence-corrected chi connectivity index (χ2v) is 3.14. The molecule has 0 bridgehead atoms. The van der Waals surface area contributed by atoms with E-state index in [1.807, 2.05) is 0 Å². The van der Waals surface area contributed by atoms with Gasteiger partial charge in [-0.3, -0.25) is 4.98 Å². The van der Waals surface area contributed by atoms with Crippen molar-refractivity contribution >= 4 is 11.6 Å². The third kappa shape index (κ3) is 1.66. The molecule has 1 aromatic heterocycles. The van der Waals surface area contributed by atoms with Crippen LogP contribution in [0, 0.1) is 0 Å². The lowest BCUT2D eigenvalue weighted by molar-refractivity contribution is -0.0248. The Morgan fingerprint density at radius 2 is 2.14 bits per heavy atom. The zero-order valence-electron chi connectivity index (χ0n) is 7.18. The summed E-state index contributed by atoms with van der Waals surface area (Å²) in [6.45, 7) is -0.177. The fourth-order valence-electron chi connectivity index (χ4n) is 1.12. The van der Waals surface area contributed by atoms with E-state index in [4.69, 9.17) is 26.2 Å². The normalized spacial score (nSPS) is 15.3. The van der Waals surface area contributed by atoms with E-state index >= 15 is 0 Å². The van der Waals surface area contributed by atoms with Crippen LogP contribution < -0.4 is 0 Å². The molecule has 4 nitrogen and oxygen atoms in total. The molecule has 0 saturated heterocycles. The van der Waals surface area contributed by atoms with Crippen LogP contribution in [0.4, 0.5) is 0 Å². The van der Waals surface area contributed by atoms with E-state index in [1.165, 1.54) is 12.5 Å². The van der Waals surface area contributed by atoms with Gasteiger partial charge in [-0.05, 0) is 6.07 Å². The number of aliphatic hydroxyl groups excluding tert-OH is 1. The molecule has 0 radical (unpaired) electrons. The summed E-state index contributed by atoms with van der Waals surface area (Å²) < 4.78 is 10.2. The Labute approximate surface area is 85.7 Å². The van der Waals surface area contributed by atoms with Gasteiger partial charge < -0.3 is 14.6 Å². The van der Waals surface area contributed by atoms with Crippen LogP contribution in [-0.2, 0) is 16.1 Å². The standard InChI is InChI=1S/C9H8ClNO3/c10-7-3-6(4-11-8(7)5-12)9-13-1-2-14-9/h1-4,9,12H,5H2. The molecule has 0 unspecified atom stereocenters. The molecular formula is C9H8ClNO3. The topological polar surface area (TPSA) is 51.6 Å². The molecule has 0 aromatic carbocycles. The Hall–Kier alpha value is -1.26. The minimum atomic E-state index is -0.479. The summed E-state index contributed by atoms with van der Waals surface area (Å²) in [4.78, 5) is 3.97. The van der Waals surface area contributed by atoms with Crippen molar-refractivity contribution in [1.82, 2.24) is 4.98 Å². The largest absolute Gasteiger partial charge is 0.455 e. The predicted molar refractivity (Wildman–Crippen MR) is 49.2 cm³/mol. The van der Waals surface area contributed by atoms with Crippen molar-refractivity contribution in [3.05, 3.63) is 41.1 Å². The molecule has 14 heavy (non-hydrogen) atoms. The molecule has 0 saturated carbocycles. The summed E-state index contributed by atoms with van der Waals surface area (Å²) >= 11 is 5.85. The molecule has 0 atom stereocenters. The third-order valence-electron chi connectivity index (χ3n) is 1.82. The Balaban J connectivity index is 2.23. The number of rotatable bonds is 2. The smallest absolute Gasteiger partial charge is 0.267 e. The zero-order chi connectivity index (χ0) is 9.97. The summed E-state index contributed by atoms with van der Waals surface area (Å²) in [6, 6.07) is 1.66. The highest BCUT2D eigenvalue weighted by Crippen LogP contribution is 2.26. The van der Waals surface area contributed by atoms with E-state index in [0.29, 0.717) is 10.7 Å². The molecule has 1 aliphatic rings. The molecule has 0 aliphatic carbocycles. The summed E-state index contributed by atoms with van der Waals surface area (Å²) in [5, 5.41) is 9.26. The maximum atomic E-state index is 8.85. The molecule has 1 aliphatic heterocycles. The summed E-state index contributed by atoms with van der Waals surface area (Å²) in [5.41, 5.74) is 1.17. The monoisotopic (exact) mass is 213 g/mol. The van der Waals surface area contributed by atoms with Gasteiger partial charge in [0.2, 0.25) is 0 Å². The molecular weight excluding hydrogens is 206 g/mol. The minimum Gasteiger partial charge on any atom is -0.455 e. The fourth-order valence-corrected chi connectivity index (χ4v) is 1.36. The van der Waals surface area contributed by atoms with E-state index in [1.54, 1.807) is 12.3 Å². The van der Waals surface area contributed by atoms with E-state index in [9.17, 15) is 0 Å². The Morgan fingerprint density at radius 3 is 2.71 bits per heavy atom. The van der Waals surface area contributed by atoms with Crippen molar-refractivity contribution in [3.63, 3.8) is 0 Å². The van der Waals surface area contributed by atoms with Crippen LogP contribution in [-0.4, -0.2) is 10.1 Å². The average molecular weight is 214 g/mol. The summed E-state index contributed by atoms with van der Waals surface area (Å²) in [7, 11) is 0. The molecule has 2 heterocycles. The van der Waals surface area contributed by atoms with Gasteiger partial charge in [-0.2, -0.15) is 0 Å². The molecule has 74 valence electrons. The van der Waals surface area contributed by atoms with Crippen LogP contribution in [0.5, 0.6) is 0 Å². The maximum absolute atomic E-state index is 8.85. The Kier molecular flexibility index (Phi) is 2.56. The van der Waals surface area contributed by atoms with Crippen LogP contribution >= 0.6 is 11.6 Å². The molecule has 0 fully saturated rings. The average Bonchev–Trinajstić information content (AvgIpc) is 2.70. The van der Waals surface area contributed by atoms with Crippen LogP contribution in [0.15, 0.2) is 24.8 Å². The van der Waals surface area contributed by atoms with Gasteiger partial charge in [-0.25, -0.2) is 0 Å². The Bertz CT molecular complexity index is 359. The predicted octanol–water partition coefficient (Wildman–Crippen LogP) is 1.74. The van der Waals surface area contributed by atoms with Gasteiger partial charge in [-0.15, -0.1) is 0 Å². The SMILES string of the molecule is OCc1ncc(C2OC=CO2)cc1Cl. The second-order valence-electron chi connectivity index (χ2n) is 2.73. The molecule has 5 heteroatoms. The number of nitrogens with zero attached hydrogens (tertiary/aromatic N) is 1. The first-order chi connectivity index (χ1) is 6.81. The van der Waals surface area contributed by atoms with Crippen LogP contribution in [0.2, 0.25) is 5.02 Å². The number of pyridine rings is 1. The highest BCUT2D eigenvalue weighted by molar-refractivity contribution is 6.31. The van der Waals surface area contributed by atoms with Crippen LogP contribution in [0.1, 0.15) is 17.5 Å². The maximum Gasteiger partial charge on any atom is 0.267 e. The van der Waals surface area contributed by atoms with Gasteiger partial charge in [0.25, 0.3) is 6.29 Å². The molecule has 0 spiro atoms. The molecule has 1 aromatic rings. The molecule has 0 amide bonds. The van der Waals surface area contributed by atoms with Crippen molar-refractivity contribution in [2.75, 3.05) is 0 Å². The van der Waals surface area contributed by atoms with Gasteiger partial charge in [0, 0.05) is 6.20 Å². The lowest BCUT2D eigenvalue weighted by atomic mass is 10.2. The highest BCUT2D eigenvalue weighted by Gasteiger charge is 2.17. The zero-order valence-corrected chi connectivity index (χ0v) is 7.94. The second kappa shape index (κ2) is 3.86. The number of halogens is 1. The summed E-state index contributed by atoms with van der Waals surface area (Å²) in [6.07, 6.45) is 4.00. The van der Waals surface area contributed by atoms with E-state index in [0.717, 1.165) is 5.56 Å². The quantitative estimate of drug-likeness (QED) is 0.813. The van der Waals surface area contributed by atoms with E-state index in [2.05, 4.69) is 4.98 Å². The first kappa shape index (κ1) is 9.30. The molecule has 2 rings (SSSR count). The first-order valence-electron chi connectivity index (χ1n) is 4.02. The Morgan fingerprint density at radius 1 is 1.43 bits per heavy atom. The highest BCUT2D eigenvalue weighted by atomic mass is 35.5. The number of hydrogen-bond donors (Lipinski definition) is 1. The first-order valence-corrected chi connectivity index (χ1v) is 4.40. The van der Waals surface area contributed by atoms with Gasteiger partial charge in [0.15, 0.2) is 0 Å². The molecule has 1 N–H and O–H groups in total. The lowest BCUT2D eigenvalue weighted by Gasteiger charge is -2.10. The van der Waals surface area contributed by atoms with Gasteiger partial charge in [0.05, 0.1) is 22.9 Å². The summed E-state index contributed by atoms with van der Waals surface area (Å²) in [5.74, 6) is 0. The van der Waals surface area contributed by atoms with E-state index in [-0.39, 0.29) is 6.61 Å². The van der Waals surface area contributed by atoms with Gasteiger partial charge in [0.1, 0.15) is 12.5 Å². The van der Waals surface area contributed by atoms with Crippen molar-refractivity contribution in [2.24, 2.45) is 0 Å². The fraction of sp³-hybridized carbons (Fsp3) is 0.222. The lowest BCUT2D eigenvalue weighted by Crippen LogP contribution is -2.00. The van der Waals surface area contributed by atoms with Crippen molar-refractivity contribution in [2.45, 2.75) is 12.9 Å². The van der Waals surface area contributed by atoms with Gasteiger partial charge >= 0.3 is 0 Å². The number of aliphatic hydroxyl groups is 1. The number of hydrogen-bond acceptors (Lipinski definition) is 4.